The quantitative estimate of drug-likeness (QED) is 0.731. The van der Waals surface area contributed by atoms with E-state index >= 15 is 0 Å². The molecule has 0 atom stereocenters. The second-order valence-electron chi connectivity index (χ2n) is 4.94. The van der Waals surface area contributed by atoms with Crippen molar-refractivity contribution in [1.82, 2.24) is 14.6 Å². The first kappa shape index (κ1) is 12.7. The highest BCUT2D eigenvalue weighted by Crippen LogP contribution is 2.19. The van der Waals surface area contributed by atoms with Crippen LogP contribution >= 0.6 is 0 Å². The Morgan fingerprint density at radius 1 is 1.10 bits per heavy atom. The molecule has 3 aromatic rings. The summed E-state index contributed by atoms with van der Waals surface area (Å²) in [5.74, 6) is 0.857. The third kappa shape index (κ3) is 2.25. The first-order valence-electron chi connectivity index (χ1n) is 6.65. The normalized spacial score (nSPS) is 10.9. The van der Waals surface area contributed by atoms with Crippen molar-refractivity contribution in [1.29, 1.82) is 0 Å². The summed E-state index contributed by atoms with van der Waals surface area (Å²) in [6, 6.07) is 11.8. The molecule has 0 amide bonds. The molecular formula is C16H17N3O. The van der Waals surface area contributed by atoms with Gasteiger partial charge in [0.15, 0.2) is 5.65 Å². The number of aryl methyl sites for hydroxylation is 3. The second kappa shape index (κ2) is 4.96. The van der Waals surface area contributed by atoms with Gasteiger partial charge in [0.25, 0.3) is 0 Å². The van der Waals surface area contributed by atoms with E-state index in [9.17, 15) is 0 Å². The first-order chi connectivity index (χ1) is 9.65. The minimum atomic E-state index is 0.481. The minimum absolute atomic E-state index is 0.481. The van der Waals surface area contributed by atoms with E-state index in [4.69, 9.17) is 4.74 Å². The van der Waals surface area contributed by atoms with Crippen molar-refractivity contribution in [3.8, 4) is 5.75 Å². The summed E-state index contributed by atoms with van der Waals surface area (Å²) >= 11 is 0. The van der Waals surface area contributed by atoms with Gasteiger partial charge in [0.1, 0.15) is 12.4 Å². The van der Waals surface area contributed by atoms with Crippen LogP contribution in [-0.2, 0) is 6.61 Å². The van der Waals surface area contributed by atoms with Gasteiger partial charge in [-0.1, -0.05) is 18.2 Å². The highest BCUT2D eigenvalue weighted by atomic mass is 16.5. The Morgan fingerprint density at radius 3 is 2.60 bits per heavy atom. The molecule has 0 aliphatic rings. The molecular weight excluding hydrogens is 250 g/mol. The largest absolute Gasteiger partial charge is 0.489 e. The lowest BCUT2D eigenvalue weighted by molar-refractivity contribution is 0.306. The van der Waals surface area contributed by atoms with Gasteiger partial charge in [-0.3, -0.25) is 0 Å². The van der Waals surface area contributed by atoms with E-state index in [-0.39, 0.29) is 0 Å². The average Bonchev–Trinajstić information content (AvgIpc) is 2.74. The molecule has 0 spiro atoms. The molecule has 0 fully saturated rings. The maximum absolute atomic E-state index is 5.83. The molecule has 0 saturated heterocycles. The molecule has 0 aliphatic heterocycles. The molecule has 1 aromatic carbocycles. The van der Waals surface area contributed by atoms with Gasteiger partial charge in [-0.25, -0.2) is 9.50 Å². The van der Waals surface area contributed by atoms with Crippen molar-refractivity contribution in [2.24, 2.45) is 0 Å². The molecule has 0 radical (unpaired) electrons. The second-order valence-corrected chi connectivity index (χ2v) is 4.94. The molecule has 2 heterocycles. The highest BCUT2D eigenvalue weighted by molar-refractivity contribution is 5.51. The lowest BCUT2D eigenvalue weighted by Crippen LogP contribution is -2.00. The Hall–Kier alpha value is -2.36. The minimum Gasteiger partial charge on any atom is -0.489 e. The van der Waals surface area contributed by atoms with Crippen molar-refractivity contribution in [3.63, 3.8) is 0 Å². The van der Waals surface area contributed by atoms with Crippen molar-refractivity contribution >= 4 is 5.65 Å². The number of benzene rings is 1. The molecule has 102 valence electrons. The number of aromatic nitrogens is 3. The Kier molecular flexibility index (Phi) is 3.14. The number of para-hydroxylation sites is 1. The smallest absolute Gasteiger partial charge is 0.162 e. The summed E-state index contributed by atoms with van der Waals surface area (Å²) in [5.41, 5.74) is 4.97. The molecule has 0 bridgehead atoms. The first-order valence-corrected chi connectivity index (χ1v) is 6.65. The van der Waals surface area contributed by atoms with Gasteiger partial charge in [0.05, 0.1) is 11.3 Å². The molecule has 0 saturated carbocycles. The van der Waals surface area contributed by atoms with Gasteiger partial charge in [-0.05, 0) is 39.0 Å². The number of hydrogen-bond acceptors (Lipinski definition) is 3. The predicted octanol–water partition coefficient (Wildman–Crippen LogP) is 3.23. The summed E-state index contributed by atoms with van der Waals surface area (Å²) < 4.78 is 7.71. The van der Waals surface area contributed by atoms with E-state index in [1.807, 2.05) is 61.7 Å². The van der Waals surface area contributed by atoms with Crippen molar-refractivity contribution in [3.05, 3.63) is 59.0 Å². The summed E-state index contributed by atoms with van der Waals surface area (Å²) in [6.45, 7) is 6.51. The van der Waals surface area contributed by atoms with Gasteiger partial charge < -0.3 is 4.74 Å². The van der Waals surface area contributed by atoms with Crippen LogP contribution in [0.4, 0.5) is 0 Å². The van der Waals surface area contributed by atoms with E-state index < -0.39 is 0 Å². The predicted molar refractivity (Wildman–Crippen MR) is 78.0 cm³/mol. The Labute approximate surface area is 118 Å². The van der Waals surface area contributed by atoms with Crippen LogP contribution in [0.15, 0.2) is 36.4 Å². The van der Waals surface area contributed by atoms with Gasteiger partial charge in [-0.2, -0.15) is 5.10 Å². The average molecular weight is 267 g/mol. The summed E-state index contributed by atoms with van der Waals surface area (Å²) in [6.07, 6.45) is 0. The zero-order chi connectivity index (χ0) is 14.1. The maximum atomic E-state index is 5.83. The van der Waals surface area contributed by atoms with Crippen LogP contribution in [0.3, 0.4) is 0 Å². The molecule has 4 heteroatoms. The van der Waals surface area contributed by atoms with Crippen LogP contribution in [0.2, 0.25) is 0 Å². The molecule has 4 nitrogen and oxygen atoms in total. The van der Waals surface area contributed by atoms with Crippen LogP contribution in [0.1, 0.15) is 22.6 Å². The van der Waals surface area contributed by atoms with E-state index in [0.717, 1.165) is 34.0 Å². The van der Waals surface area contributed by atoms with Crippen LogP contribution in [0.5, 0.6) is 5.75 Å². The fraction of sp³-hybridized carbons (Fsp3) is 0.250. The monoisotopic (exact) mass is 267 g/mol. The van der Waals surface area contributed by atoms with E-state index in [2.05, 4.69) is 10.1 Å². The molecule has 20 heavy (non-hydrogen) atoms. The Balaban J connectivity index is 1.97. The lowest BCUT2D eigenvalue weighted by atomic mass is 10.2. The van der Waals surface area contributed by atoms with Gasteiger partial charge in [0.2, 0.25) is 0 Å². The zero-order valence-electron chi connectivity index (χ0n) is 11.9. The number of fused-ring (bicyclic) bond motifs is 1. The SMILES string of the molecule is Cc1cc(C)n2nc(C)c(COc3ccccc3)c2n1. The summed E-state index contributed by atoms with van der Waals surface area (Å²) in [5, 5.41) is 4.54. The van der Waals surface area contributed by atoms with Crippen molar-refractivity contribution < 1.29 is 4.74 Å². The van der Waals surface area contributed by atoms with Crippen LogP contribution in [0, 0.1) is 20.8 Å². The molecule has 3 rings (SSSR count). The van der Waals surface area contributed by atoms with E-state index in [1.54, 1.807) is 0 Å². The highest BCUT2D eigenvalue weighted by Gasteiger charge is 2.13. The number of rotatable bonds is 3. The van der Waals surface area contributed by atoms with Crippen LogP contribution in [0.25, 0.3) is 5.65 Å². The topological polar surface area (TPSA) is 39.4 Å². The van der Waals surface area contributed by atoms with Gasteiger partial charge >= 0.3 is 0 Å². The van der Waals surface area contributed by atoms with Gasteiger partial charge in [0, 0.05) is 11.4 Å². The lowest BCUT2D eigenvalue weighted by Gasteiger charge is -2.06. The van der Waals surface area contributed by atoms with E-state index in [0.29, 0.717) is 6.61 Å². The molecule has 0 unspecified atom stereocenters. The number of hydrogen-bond donors (Lipinski definition) is 0. The number of ether oxygens (including phenoxy) is 1. The summed E-state index contributed by atoms with van der Waals surface area (Å²) in [4.78, 5) is 4.59. The fourth-order valence-corrected chi connectivity index (χ4v) is 2.31. The third-order valence-electron chi connectivity index (χ3n) is 3.32. The van der Waals surface area contributed by atoms with Crippen molar-refractivity contribution in [2.45, 2.75) is 27.4 Å². The fourth-order valence-electron chi connectivity index (χ4n) is 2.31. The number of nitrogens with zero attached hydrogens (tertiary/aromatic N) is 3. The molecule has 0 aliphatic carbocycles. The zero-order valence-corrected chi connectivity index (χ0v) is 11.9. The Morgan fingerprint density at radius 2 is 1.85 bits per heavy atom. The maximum Gasteiger partial charge on any atom is 0.162 e. The van der Waals surface area contributed by atoms with Crippen LogP contribution in [-0.4, -0.2) is 14.6 Å². The third-order valence-corrected chi connectivity index (χ3v) is 3.32. The van der Waals surface area contributed by atoms with E-state index in [1.165, 1.54) is 0 Å². The van der Waals surface area contributed by atoms with Crippen LogP contribution < -0.4 is 4.74 Å². The van der Waals surface area contributed by atoms with Crippen molar-refractivity contribution in [2.75, 3.05) is 0 Å². The standard InChI is InChI=1S/C16H17N3O/c1-11-9-12(2)19-16(17-11)15(13(3)18-19)10-20-14-7-5-4-6-8-14/h4-9H,10H2,1-3H3. The molecule has 0 N–H and O–H groups in total. The van der Waals surface area contributed by atoms with Gasteiger partial charge in [-0.15, -0.1) is 0 Å². The Bertz CT molecular complexity index is 747. The molecule has 2 aromatic heterocycles. The summed E-state index contributed by atoms with van der Waals surface area (Å²) in [7, 11) is 0.